The van der Waals surface area contributed by atoms with Crippen LogP contribution in [0.5, 0.6) is 0 Å². The molecule has 0 spiro atoms. The van der Waals surface area contributed by atoms with Gasteiger partial charge in [0, 0.05) is 0 Å². The van der Waals surface area contributed by atoms with E-state index in [1.165, 1.54) is 24.3 Å². The van der Waals surface area contributed by atoms with Crippen LogP contribution >= 0.6 is 0 Å². The normalized spacial score (nSPS) is 15.5. The van der Waals surface area contributed by atoms with Crippen LogP contribution < -0.4 is 18.9 Å². The van der Waals surface area contributed by atoms with Gasteiger partial charge >= 0.3 is 18.9 Å². The summed E-state index contributed by atoms with van der Waals surface area (Å²) in [7, 11) is -3.87. The Balaban J connectivity index is 0.00000220. The maximum absolute atomic E-state index is 12.0. The second-order valence-electron chi connectivity index (χ2n) is 4.09. The van der Waals surface area contributed by atoms with Crippen LogP contribution in [0.25, 0.3) is 4.83 Å². The first-order valence-corrected chi connectivity index (χ1v) is 7.19. The van der Waals surface area contributed by atoms with E-state index in [-0.39, 0.29) is 35.0 Å². The molecule has 0 aliphatic heterocycles. The Bertz CT molecular complexity index is 756. The summed E-state index contributed by atoms with van der Waals surface area (Å²) >= 11 is 0. The van der Waals surface area contributed by atoms with Gasteiger partial charge in [-0.2, -0.15) is 0 Å². The number of sulfonamides is 1. The molecule has 0 atom stereocenters. The molecule has 5 nitrogen and oxygen atoms in total. The van der Waals surface area contributed by atoms with Gasteiger partial charge in [0.2, 0.25) is 0 Å². The van der Waals surface area contributed by atoms with Gasteiger partial charge in [-0.3, -0.25) is 0 Å². The minimum Gasteiger partial charge on any atom is -0.490 e. The van der Waals surface area contributed by atoms with Crippen molar-refractivity contribution in [2.75, 3.05) is 0 Å². The minimum atomic E-state index is -3.87. The zero-order chi connectivity index (χ0) is 14.6. The monoisotopic (exact) mass is 294 g/mol. The maximum atomic E-state index is 12.0. The molecule has 0 heterocycles. The van der Waals surface area contributed by atoms with Crippen molar-refractivity contribution in [3.8, 4) is 0 Å². The molecular formula is C14H11LiN2O3S. The summed E-state index contributed by atoms with van der Waals surface area (Å²) in [5.74, 6) is 1.68. The molecule has 0 radical (unpaired) electrons. The Hall–Kier alpha value is -1.83. The number of hydrogen-bond donors (Lipinski definition) is 0. The molecule has 0 amide bonds. The van der Waals surface area contributed by atoms with E-state index in [1.54, 1.807) is 30.2 Å². The predicted molar refractivity (Wildman–Crippen MR) is 76.6 cm³/mol. The molecule has 1 aliphatic carbocycles. The predicted octanol–water partition coefficient (Wildman–Crippen LogP) is -0.699. The van der Waals surface area contributed by atoms with Crippen molar-refractivity contribution in [3.05, 3.63) is 64.5 Å². The third-order valence-corrected chi connectivity index (χ3v) is 3.75. The fourth-order valence-corrected chi connectivity index (χ4v) is 2.27. The molecule has 0 aromatic heterocycles. The summed E-state index contributed by atoms with van der Waals surface area (Å²) in [6.07, 6.45) is 6.25. The third-order valence-electron chi connectivity index (χ3n) is 2.59. The summed E-state index contributed by atoms with van der Waals surface area (Å²) in [4.78, 5) is 14.1. The number of carbonyl (C=O) groups excluding carboxylic acids is 1. The van der Waals surface area contributed by atoms with Gasteiger partial charge in [0.25, 0.3) is 0 Å². The van der Waals surface area contributed by atoms with E-state index in [0.29, 0.717) is 0 Å². The Morgan fingerprint density at radius 1 is 1.10 bits per heavy atom. The smallest absolute Gasteiger partial charge is 0.490 e. The number of aryl methyl sites for hydroxylation is 1. The number of rotatable bonds is 3. The molecule has 0 bridgehead atoms. The van der Waals surface area contributed by atoms with E-state index < -0.39 is 10.0 Å². The summed E-state index contributed by atoms with van der Waals surface area (Å²) < 4.78 is 23.9. The first-order valence-electron chi connectivity index (χ1n) is 5.75. The number of nitrogens with zero attached hydrogens (tertiary/aromatic N) is 2. The van der Waals surface area contributed by atoms with Crippen molar-refractivity contribution in [1.29, 1.82) is 0 Å². The average molecular weight is 294 g/mol. The van der Waals surface area contributed by atoms with Crippen LogP contribution in [-0.2, 0) is 14.8 Å². The van der Waals surface area contributed by atoms with Gasteiger partial charge in [0.15, 0.2) is 0 Å². The van der Waals surface area contributed by atoms with Crippen LogP contribution in [0.4, 0.5) is 0 Å². The van der Waals surface area contributed by atoms with E-state index in [1.807, 2.05) is 6.92 Å². The summed E-state index contributed by atoms with van der Waals surface area (Å²) in [6, 6.07) is 6.27. The molecule has 1 aromatic rings. The summed E-state index contributed by atoms with van der Waals surface area (Å²) in [6.45, 7) is 1.86. The van der Waals surface area contributed by atoms with Gasteiger partial charge in [-0.15, -0.1) is 0 Å². The quantitative estimate of drug-likeness (QED) is 0.420. The number of hydrogen-bond acceptors (Lipinski definition) is 4. The molecule has 2 rings (SSSR count). The third kappa shape index (κ3) is 4.32. The first-order chi connectivity index (χ1) is 9.53. The molecule has 0 saturated carbocycles. The molecule has 0 saturated heterocycles. The van der Waals surface area contributed by atoms with Crippen LogP contribution in [0.15, 0.2) is 64.1 Å². The van der Waals surface area contributed by atoms with Crippen molar-refractivity contribution < 1.29 is 32.1 Å². The molecule has 0 N–H and O–H groups in total. The van der Waals surface area contributed by atoms with Crippen molar-refractivity contribution in [1.82, 2.24) is 0 Å². The molecular weight excluding hydrogens is 283 g/mol. The van der Waals surface area contributed by atoms with E-state index >= 15 is 0 Å². The van der Waals surface area contributed by atoms with Gasteiger partial charge in [0.1, 0.15) is 16.0 Å². The SMILES string of the molecule is Cc1ccc(S(=O)(=O)[N-]/N=C2\C=CC=CC2=C=O)cc1.[Li+]. The fourth-order valence-electron chi connectivity index (χ4n) is 1.50. The van der Waals surface area contributed by atoms with E-state index in [0.717, 1.165) is 5.56 Å². The average Bonchev–Trinajstić information content (AvgIpc) is 2.46. The molecule has 0 fully saturated rings. The Morgan fingerprint density at radius 2 is 1.71 bits per heavy atom. The summed E-state index contributed by atoms with van der Waals surface area (Å²) in [5.41, 5.74) is 1.27. The zero-order valence-corrected chi connectivity index (χ0v) is 12.5. The molecule has 1 aromatic carbocycles. The van der Waals surface area contributed by atoms with Crippen LogP contribution in [0.3, 0.4) is 0 Å². The van der Waals surface area contributed by atoms with Crippen LogP contribution in [0.1, 0.15) is 5.56 Å². The largest absolute Gasteiger partial charge is 1.00 e. The van der Waals surface area contributed by atoms with Gasteiger partial charge in [-0.05, 0) is 31.2 Å². The van der Waals surface area contributed by atoms with Gasteiger partial charge in [-0.25, -0.2) is 13.2 Å². The fraction of sp³-hybridized carbons (Fsp3) is 0.0714. The molecule has 1 aliphatic rings. The minimum absolute atomic E-state index is 0. The number of benzene rings is 1. The molecule has 21 heavy (non-hydrogen) atoms. The Labute approximate surface area is 135 Å². The van der Waals surface area contributed by atoms with Gasteiger partial charge in [-0.1, -0.05) is 29.8 Å². The van der Waals surface area contributed by atoms with Crippen molar-refractivity contribution in [3.63, 3.8) is 0 Å². The van der Waals surface area contributed by atoms with Gasteiger partial charge in [0.05, 0.1) is 16.2 Å². The first kappa shape index (κ1) is 17.2. The van der Waals surface area contributed by atoms with Gasteiger partial charge < -0.3 is 9.93 Å². The Morgan fingerprint density at radius 3 is 2.33 bits per heavy atom. The van der Waals surface area contributed by atoms with Crippen LogP contribution in [0.2, 0.25) is 0 Å². The zero-order valence-electron chi connectivity index (χ0n) is 11.6. The second kappa shape index (κ2) is 7.25. The van der Waals surface area contributed by atoms with E-state index in [2.05, 4.69) is 9.93 Å². The maximum Gasteiger partial charge on any atom is 1.00 e. The standard InChI is InChI=1S/C14H11N2O3S.Li/c1-11-6-8-13(9-7-11)20(18,19)16-15-14-5-3-2-4-12(14)10-17;/h2-9H,1H3;/q-1;+1/b15-14+;. The topological polar surface area (TPSA) is 77.7 Å². The van der Waals surface area contributed by atoms with Crippen LogP contribution in [-0.4, -0.2) is 20.1 Å². The Kier molecular flexibility index (Phi) is 5.95. The molecule has 102 valence electrons. The number of allylic oxidation sites excluding steroid dienone is 5. The molecule has 7 heteroatoms. The van der Waals surface area contributed by atoms with Crippen molar-refractivity contribution >= 4 is 21.7 Å². The van der Waals surface area contributed by atoms with Crippen molar-refractivity contribution in [2.24, 2.45) is 5.10 Å². The molecule has 0 unspecified atom stereocenters. The van der Waals surface area contributed by atoms with E-state index in [4.69, 9.17) is 0 Å². The second-order valence-corrected chi connectivity index (χ2v) is 5.67. The van der Waals surface area contributed by atoms with Crippen LogP contribution in [0, 0.1) is 6.92 Å². The van der Waals surface area contributed by atoms with E-state index in [9.17, 15) is 13.2 Å². The summed E-state index contributed by atoms with van der Waals surface area (Å²) in [5, 5.41) is 3.62. The van der Waals surface area contributed by atoms with Crippen molar-refractivity contribution in [2.45, 2.75) is 11.8 Å².